The Bertz CT molecular complexity index is 363. The maximum Gasteiger partial charge on any atom is 0.169 e. The quantitative estimate of drug-likeness (QED) is 0.888. The molecule has 3 heteroatoms. The van der Waals surface area contributed by atoms with E-state index in [9.17, 15) is 0 Å². The fourth-order valence-electron chi connectivity index (χ4n) is 2.88. The van der Waals surface area contributed by atoms with Crippen molar-refractivity contribution in [1.82, 2.24) is 5.32 Å². The Kier molecular flexibility index (Phi) is 4.31. The first kappa shape index (κ1) is 13.2. The first-order chi connectivity index (χ1) is 8.06. The van der Waals surface area contributed by atoms with Crippen molar-refractivity contribution in [3.8, 4) is 0 Å². The fraction of sp³-hybridized carbons (Fsp3) is 0.714. The van der Waals surface area contributed by atoms with Crippen molar-refractivity contribution in [3.05, 3.63) is 22.6 Å². The zero-order valence-electron chi connectivity index (χ0n) is 10.9. The molecule has 2 rings (SSSR count). The van der Waals surface area contributed by atoms with Crippen LogP contribution in [0.4, 0.5) is 0 Å². The van der Waals surface area contributed by atoms with Gasteiger partial charge in [-0.15, -0.1) is 0 Å². The van der Waals surface area contributed by atoms with Crippen molar-refractivity contribution in [3.63, 3.8) is 0 Å². The third-order valence-electron chi connectivity index (χ3n) is 3.92. The molecule has 0 aromatic carbocycles. The molecule has 0 radical (unpaired) electrons. The lowest BCUT2D eigenvalue weighted by Gasteiger charge is -2.34. The predicted molar refractivity (Wildman–Crippen MR) is 73.9 cm³/mol. The van der Waals surface area contributed by atoms with E-state index in [1.807, 2.05) is 12.1 Å². The summed E-state index contributed by atoms with van der Waals surface area (Å²) in [7, 11) is 0. The summed E-state index contributed by atoms with van der Waals surface area (Å²) in [6, 6.07) is 4.92. The van der Waals surface area contributed by atoms with Gasteiger partial charge in [0.2, 0.25) is 0 Å². The van der Waals surface area contributed by atoms with E-state index in [2.05, 4.69) is 42.0 Å². The highest BCUT2D eigenvalue weighted by Gasteiger charge is 2.26. The van der Waals surface area contributed by atoms with Gasteiger partial charge < -0.3 is 9.73 Å². The molecule has 1 fully saturated rings. The van der Waals surface area contributed by atoms with Gasteiger partial charge in [-0.3, -0.25) is 0 Å². The Morgan fingerprint density at radius 2 is 2.12 bits per heavy atom. The van der Waals surface area contributed by atoms with Crippen LogP contribution in [0.15, 0.2) is 21.2 Å². The molecule has 0 amide bonds. The molecule has 96 valence electrons. The van der Waals surface area contributed by atoms with Crippen molar-refractivity contribution in [2.75, 3.05) is 0 Å². The van der Waals surface area contributed by atoms with Crippen LogP contribution in [0.2, 0.25) is 0 Å². The van der Waals surface area contributed by atoms with Gasteiger partial charge in [0.05, 0.1) is 6.04 Å². The monoisotopic (exact) mass is 299 g/mol. The minimum absolute atomic E-state index is 0.294. The van der Waals surface area contributed by atoms with Crippen LogP contribution in [0.3, 0.4) is 0 Å². The molecule has 2 nitrogen and oxygen atoms in total. The molecule has 0 saturated heterocycles. The SMILES string of the molecule is CC1CCC(NC(C)c2ccc(Br)o2)C(C)C1. The second-order valence-corrected chi connectivity index (χ2v) is 6.31. The van der Waals surface area contributed by atoms with E-state index >= 15 is 0 Å². The highest BCUT2D eigenvalue weighted by Crippen LogP contribution is 2.30. The summed E-state index contributed by atoms with van der Waals surface area (Å²) in [4.78, 5) is 0. The third-order valence-corrected chi connectivity index (χ3v) is 4.34. The predicted octanol–water partition coefficient (Wildman–Crippen LogP) is 4.52. The number of furan rings is 1. The van der Waals surface area contributed by atoms with Crippen LogP contribution in [-0.2, 0) is 0 Å². The van der Waals surface area contributed by atoms with Crippen LogP contribution in [0.25, 0.3) is 0 Å². The zero-order chi connectivity index (χ0) is 12.4. The van der Waals surface area contributed by atoms with Gasteiger partial charge in [-0.1, -0.05) is 13.8 Å². The van der Waals surface area contributed by atoms with Crippen molar-refractivity contribution < 1.29 is 4.42 Å². The van der Waals surface area contributed by atoms with Crippen LogP contribution >= 0.6 is 15.9 Å². The number of hydrogen-bond acceptors (Lipinski definition) is 2. The molecule has 17 heavy (non-hydrogen) atoms. The molecule has 0 bridgehead atoms. The summed E-state index contributed by atoms with van der Waals surface area (Å²) in [6.45, 7) is 6.90. The minimum atomic E-state index is 0.294. The maximum atomic E-state index is 5.60. The van der Waals surface area contributed by atoms with E-state index in [1.54, 1.807) is 0 Å². The van der Waals surface area contributed by atoms with Crippen LogP contribution in [0.1, 0.15) is 51.8 Å². The average molecular weight is 300 g/mol. The molecule has 1 aromatic rings. The molecule has 1 aliphatic rings. The Balaban J connectivity index is 1.92. The molecule has 1 aliphatic carbocycles. The zero-order valence-corrected chi connectivity index (χ0v) is 12.5. The highest BCUT2D eigenvalue weighted by molar-refractivity contribution is 9.10. The van der Waals surface area contributed by atoms with Crippen LogP contribution < -0.4 is 5.32 Å². The molecule has 0 aliphatic heterocycles. The van der Waals surface area contributed by atoms with E-state index in [0.717, 1.165) is 22.3 Å². The third kappa shape index (κ3) is 3.35. The highest BCUT2D eigenvalue weighted by atomic mass is 79.9. The topological polar surface area (TPSA) is 25.2 Å². The Morgan fingerprint density at radius 3 is 2.71 bits per heavy atom. The maximum absolute atomic E-state index is 5.60. The summed E-state index contributed by atoms with van der Waals surface area (Å²) < 4.78 is 6.41. The lowest BCUT2D eigenvalue weighted by Crippen LogP contribution is -2.40. The van der Waals surface area contributed by atoms with Gasteiger partial charge in [0.25, 0.3) is 0 Å². The number of nitrogens with one attached hydrogen (secondary N) is 1. The van der Waals surface area contributed by atoms with Gasteiger partial charge in [-0.2, -0.15) is 0 Å². The largest absolute Gasteiger partial charge is 0.453 e. The van der Waals surface area contributed by atoms with Crippen molar-refractivity contribution >= 4 is 15.9 Å². The van der Waals surface area contributed by atoms with Crippen molar-refractivity contribution in [2.24, 2.45) is 11.8 Å². The minimum Gasteiger partial charge on any atom is -0.453 e. The molecule has 1 aromatic heterocycles. The Hall–Kier alpha value is -0.280. The van der Waals surface area contributed by atoms with Crippen LogP contribution in [0.5, 0.6) is 0 Å². The van der Waals surface area contributed by atoms with Gasteiger partial charge in [0, 0.05) is 6.04 Å². The fourth-order valence-corrected chi connectivity index (χ4v) is 3.20. The van der Waals surface area contributed by atoms with Crippen LogP contribution in [0, 0.1) is 11.8 Å². The standard InChI is InChI=1S/C14H22BrNO/c1-9-4-5-12(10(2)8-9)16-11(3)13-6-7-14(15)17-13/h6-7,9-12,16H,4-5,8H2,1-3H3. The normalized spacial score (nSPS) is 31.4. The molecule has 1 heterocycles. The lowest BCUT2D eigenvalue weighted by atomic mass is 9.79. The summed E-state index contributed by atoms with van der Waals surface area (Å²) in [6.07, 6.45) is 3.97. The number of rotatable bonds is 3. The molecule has 4 unspecified atom stereocenters. The Morgan fingerprint density at radius 1 is 1.35 bits per heavy atom. The second-order valence-electron chi connectivity index (χ2n) is 5.53. The van der Waals surface area contributed by atoms with E-state index < -0.39 is 0 Å². The summed E-state index contributed by atoms with van der Waals surface area (Å²) in [5.74, 6) is 2.67. The molecular formula is C14H22BrNO. The molecule has 0 spiro atoms. The van der Waals surface area contributed by atoms with Gasteiger partial charge in [-0.05, 0) is 66.1 Å². The number of halogens is 1. The van der Waals surface area contributed by atoms with Crippen molar-refractivity contribution in [2.45, 2.75) is 52.1 Å². The first-order valence-electron chi connectivity index (χ1n) is 6.57. The molecule has 1 saturated carbocycles. The average Bonchev–Trinajstić information content (AvgIpc) is 2.69. The number of hydrogen-bond donors (Lipinski definition) is 1. The van der Waals surface area contributed by atoms with Crippen molar-refractivity contribution in [1.29, 1.82) is 0 Å². The van der Waals surface area contributed by atoms with Gasteiger partial charge in [-0.25, -0.2) is 0 Å². The Labute approximate surface area is 112 Å². The lowest BCUT2D eigenvalue weighted by molar-refractivity contribution is 0.210. The molecule has 1 N–H and O–H groups in total. The summed E-state index contributed by atoms with van der Waals surface area (Å²) >= 11 is 3.35. The van der Waals surface area contributed by atoms with Gasteiger partial charge >= 0.3 is 0 Å². The van der Waals surface area contributed by atoms with Gasteiger partial charge in [0.1, 0.15) is 5.76 Å². The van der Waals surface area contributed by atoms with Crippen LogP contribution in [-0.4, -0.2) is 6.04 Å². The van der Waals surface area contributed by atoms with E-state index in [4.69, 9.17) is 4.42 Å². The van der Waals surface area contributed by atoms with E-state index in [1.165, 1.54) is 19.3 Å². The second kappa shape index (κ2) is 5.57. The van der Waals surface area contributed by atoms with E-state index in [-0.39, 0.29) is 0 Å². The molecular weight excluding hydrogens is 278 g/mol. The molecule has 4 atom stereocenters. The summed E-state index contributed by atoms with van der Waals surface area (Å²) in [5, 5.41) is 3.70. The summed E-state index contributed by atoms with van der Waals surface area (Å²) in [5.41, 5.74) is 0. The smallest absolute Gasteiger partial charge is 0.169 e. The first-order valence-corrected chi connectivity index (χ1v) is 7.37. The van der Waals surface area contributed by atoms with Gasteiger partial charge in [0.15, 0.2) is 4.67 Å². The van der Waals surface area contributed by atoms with E-state index in [0.29, 0.717) is 12.1 Å².